The van der Waals surface area contributed by atoms with E-state index in [-0.39, 0.29) is 11.4 Å². The molecule has 0 bridgehead atoms. The Morgan fingerprint density at radius 3 is 2.69 bits per heavy atom. The molecule has 1 aliphatic rings. The van der Waals surface area contributed by atoms with E-state index in [1.54, 1.807) is 18.0 Å². The zero-order chi connectivity index (χ0) is 18.9. The zero-order valence-corrected chi connectivity index (χ0v) is 15.8. The van der Waals surface area contributed by atoms with Gasteiger partial charge in [-0.3, -0.25) is 9.88 Å². The molecule has 0 atom stereocenters. The summed E-state index contributed by atoms with van der Waals surface area (Å²) in [6.07, 6.45) is 2.34. The van der Waals surface area contributed by atoms with Crippen molar-refractivity contribution in [1.82, 2.24) is 10.3 Å². The number of urea groups is 1. The number of hydrogen-bond donors (Lipinski definition) is 1. The number of rotatable bonds is 4. The van der Waals surface area contributed by atoms with E-state index in [0.29, 0.717) is 17.8 Å². The minimum Gasteiger partial charge on any atom is -0.337 e. The fourth-order valence-corrected chi connectivity index (χ4v) is 2.89. The van der Waals surface area contributed by atoms with Crippen molar-refractivity contribution in [3.8, 4) is 17.3 Å². The number of aryl methyl sites for hydroxylation is 2. The van der Waals surface area contributed by atoms with E-state index >= 15 is 0 Å². The third-order valence-electron chi connectivity index (χ3n) is 5.07. The average Bonchev–Trinajstić information content (AvgIpc) is 3.37. The number of benzene rings is 1. The topological polar surface area (TPSA) is 69.0 Å². The lowest BCUT2D eigenvalue weighted by molar-refractivity contribution is 0.245. The summed E-state index contributed by atoms with van der Waals surface area (Å²) in [5, 5.41) is 12.4. The Morgan fingerprint density at radius 1 is 1.31 bits per heavy atom. The second-order valence-corrected chi connectivity index (χ2v) is 7.49. The van der Waals surface area contributed by atoms with E-state index in [4.69, 9.17) is 0 Å². The Labute approximate surface area is 154 Å². The smallest absolute Gasteiger partial charge is 0.321 e. The molecular formula is C21H24N4O. The molecule has 26 heavy (non-hydrogen) atoms. The van der Waals surface area contributed by atoms with Gasteiger partial charge in [0.25, 0.3) is 0 Å². The molecule has 1 saturated carbocycles. The molecular weight excluding hydrogens is 324 g/mol. The number of amides is 2. The van der Waals surface area contributed by atoms with Crippen LogP contribution in [0.1, 0.15) is 36.6 Å². The van der Waals surface area contributed by atoms with Gasteiger partial charge in [0.15, 0.2) is 0 Å². The number of nitrogens with zero attached hydrogens (tertiary/aromatic N) is 3. The number of carbonyl (C=O) groups is 1. The third-order valence-corrected chi connectivity index (χ3v) is 5.07. The van der Waals surface area contributed by atoms with Crippen LogP contribution in [0, 0.1) is 30.6 Å². The summed E-state index contributed by atoms with van der Waals surface area (Å²) in [7, 11) is 1.77. The molecule has 1 heterocycles. The van der Waals surface area contributed by atoms with Gasteiger partial charge in [-0.2, -0.15) is 5.26 Å². The maximum absolute atomic E-state index is 12.5. The van der Waals surface area contributed by atoms with Crippen LogP contribution in [0.4, 0.5) is 10.5 Å². The predicted octanol–water partition coefficient (Wildman–Crippen LogP) is 4.18. The fourth-order valence-electron chi connectivity index (χ4n) is 2.89. The first-order chi connectivity index (χ1) is 12.3. The maximum Gasteiger partial charge on any atom is 0.321 e. The minimum atomic E-state index is -0.115. The number of carbonyl (C=O) groups excluding carboxylic acids is 1. The number of aromatic nitrogens is 1. The van der Waals surface area contributed by atoms with E-state index in [9.17, 15) is 10.1 Å². The Hall–Kier alpha value is -2.87. The molecule has 1 aliphatic carbocycles. The molecule has 3 rings (SSSR count). The summed E-state index contributed by atoms with van der Waals surface area (Å²) in [6, 6.07) is 11.5. The molecule has 0 spiro atoms. The number of nitriles is 1. The summed E-state index contributed by atoms with van der Waals surface area (Å²) in [5.41, 5.74) is 4.93. The first-order valence-corrected chi connectivity index (χ1v) is 8.83. The number of anilines is 1. The molecule has 0 radical (unpaired) electrons. The quantitative estimate of drug-likeness (QED) is 0.901. The normalized spacial score (nSPS) is 14.4. The highest BCUT2D eigenvalue weighted by molar-refractivity contribution is 5.93. The van der Waals surface area contributed by atoms with Gasteiger partial charge in [0, 0.05) is 30.5 Å². The van der Waals surface area contributed by atoms with Crippen LogP contribution in [0.25, 0.3) is 11.3 Å². The Balaban J connectivity index is 1.89. The SMILES string of the molecule is Cc1ccc(C#N)c(-c2ccc(C)c(N(C)C(=O)NCC3(C)CC3)c2)n1. The van der Waals surface area contributed by atoms with Gasteiger partial charge < -0.3 is 5.32 Å². The highest BCUT2D eigenvalue weighted by Crippen LogP contribution is 2.44. The predicted molar refractivity (Wildman–Crippen MR) is 103 cm³/mol. The summed E-state index contributed by atoms with van der Waals surface area (Å²) in [5.74, 6) is 0. The van der Waals surface area contributed by atoms with Crippen LogP contribution in [0.3, 0.4) is 0 Å². The third kappa shape index (κ3) is 3.70. The molecule has 5 heteroatoms. The zero-order valence-electron chi connectivity index (χ0n) is 15.8. The van der Waals surface area contributed by atoms with Gasteiger partial charge in [0.1, 0.15) is 6.07 Å². The van der Waals surface area contributed by atoms with E-state index in [2.05, 4.69) is 23.3 Å². The monoisotopic (exact) mass is 348 g/mol. The Bertz CT molecular complexity index is 893. The molecule has 1 aromatic heterocycles. The lowest BCUT2D eigenvalue weighted by Gasteiger charge is -2.22. The van der Waals surface area contributed by atoms with Crippen molar-refractivity contribution in [2.45, 2.75) is 33.6 Å². The molecule has 0 unspecified atom stereocenters. The summed E-state index contributed by atoms with van der Waals surface area (Å²) in [6.45, 7) is 6.76. The Kier molecular flexibility index (Phi) is 4.69. The standard InChI is InChI=1S/C21H24N4O/c1-14-5-7-16(19-17(12-22)8-6-15(2)24-19)11-18(14)25(4)20(26)23-13-21(3)9-10-21/h5-8,11H,9-10,13H2,1-4H3,(H,23,26). The van der Waals surface area contributed by atoms with E-state index in [1.807, 2.05) is 38.1 Å². The molecule has 5 nitrogen and oxygen atoms in total. The average molecular weight is 348 g/mol. The lowest BCUT2D eigenvalue weighted by atomic mass is 10.0. The van der Waals surface area contributed by atoms with Crippen LogP contribution in [0.5, 0.6) is 0 Å². The highest BCUT2D eigenvalue weighted by atomic mass is 16.2. The van der Waals surface area contributed by atoms with Crippen molar-refractivity contribution < 1.29 is 4.79 Å². The van der Waals surface area contributed by atoms with Gasteiger partial charge in [-0.25, -0.2) is 4.79 Å². The van der Waals surface area contributed by atoms with Crippen LogP contribution in [0.2, 0.25) is 0 Å². The molecule has 1 fully saturated rings. The summed E-state index contributed by atoms with van der Waals surface area (Å²) in [4.78, 5) is 18.7. The van der Waals surface area contributed by atoms with Crippen LogP contribution in [-0.2, 0) is 0 Å². The van der Waals surface area contributed by atoms with Gasteiger partial charge in [-0.15, -0.1) is 0 Å². The molecule has 1 N–H and O–H groups in total. The summed E-state index contributed by atoms with van der Waals surface area (Å²) >= 11 is 0. The highest BCUT2D eigenvalue weighted by Gasteiger charge is 2.37. The van der Waals surface area contributed by atoms with Crippen molar-refractivity contribution in [1.29, 1.82) is 5.26 Å². The van der Waals surface area contributed by atoms with Gasteiger partial charge in [0.2, 0.25) is 0 Å². The number of pyridine rings is 1. The molecule has 2 aromatic rings. The number of nitrogens with one attached hydrogen (secondary N) is 1. The van der Waals surface area contributed by atoms with E-state index in [1.165, 1.54) is 12.8 Å². The van der Waals surface area contributed by atoms with Crippen molar-refractivity contribution in [3.63, 3.8) is 0 Å². The van der Waals surface area contributed by atoms with Crippen LogP contribution >= 0.6 is 0 Å². The molecule has 2 amide bonds. The maximum atomic E-state index is 12.5. The van der Waals surface area contributed by atoms with Crippen molar-refractivity contribution in [2.24, 2.45) is 5.41 Å². The first-order valence-electron chi connectivity index (χ1n) is 8.83. The van der Waals surface area contributed by atoms with Gasteiger partial charge in [-0.1, -0.05) is 19.1 Å². The molecule has 0 saturated heterocycles. The lowest BCUT2D eigenvalue weighted by Crippen LogP contribution is -2.40. The van der Waals surface area contributed by atoms with Gasteiger partial charge in [-0.05, 0) is 55.9 Å². The van der Waals surface area contributed by atoms with Gasteiger partial charge >= 0.3 is 6.03 Å². The second-order valence-electron chi connectivity index (χ2n) is 7.49. The molecule has 134 valence electrons. The van der Waals surface area contributed by atoms with E-state index < -0.39 is 0 Å². The fraction of sp³-hybridized carbons (Fsp3) is 0.381. The van der Waals surface area contributed by atoms with Crippen LogP contribution in [-0.4, -0.2) is 24.6 Å². The molecule has 1 aromatic carbocycles. The summed E-state index contributed by atoms with van der Waals surface area (Å²) < 4.78 is 0. The van der Waals surface area contributed by atoms with Crippen molar-refractivity contribution in [3.05, 3.63) is 47.2 Å². The minimum absolute atomic E-state index is 0.115. The van der Waals surface area contributed by atoms with Crippen LogP contribution in [0.15, 0.2) is 30.3 Å². The van der Waals surface area contributed by atoms with Crippen molar-refractivity contribution in [2.75, 3.05) is 18.5 Å². The second kappa shape index (κ2) is 6.80. The first kappa shape index (κ1) is 17.9. The van der Waals surface area contributed by atoms with Gasteiger partial charge in [0.05, 0.1) is 11.3 Å². The number of hydrogen-bond acceptors (Lipinski definition) is 3. The van der Waals surface area contributed by atoms with Crippen LogP contribution < -0.4 is 10.2 Å². The largest absolute Gasteiger partial charge is 0.337 e. The molecule has 0 aliphatic heterocycles. The Morgan fingerprint density at radius 2 is 2.04 bits per heavy atom. The van der Waals surface area contributed by atoms with Crippen molar-refractivity contribution >= 4 is 11.7 Å². The van der Waals surface area contributed by atoms with E-state index in [0.717, 1.165) is 22.5 Å².